The van der Waals surface area contributed by atoms with Crippen LogP contribution in [0.3, 0.4) is 0 Å². The minimum Gasteiger partial charge on any atom is -0.465 e. The van der Waals surface area contributed by atoms with E-state index in [4.69, 9.17) is 4.74 Å². The molecule has 0 aliphatic carbocycles. The standard InChI is InChI=1S/C18H20N4O3/c1-12-19-15(17(23)22-9-5-6-10-22)11-16(20-12)21-14-8-4-3-7-13(14)18(24)25-2/h3-4,7-8,11H,5-6,9-10H2,1-2H3,(H,19,20,21). The number of nitrogens with one attached hydrogen (secondary N) is 1. The maximum atomic E-state index is 12.6. The number of benzene rings is 1. The Kier molecular flexibility index (Phi) is 4.92. The Morgan fingerprint density at radius 3 is 2.60 bits per heavy atom. The van der Waals surface area contributed by atoms with Crippen molar-refractivity contribution >= 4 is 23.4 Å². The minimum atomic E-state index is -0.442. The Bertz CT molecular complexity index is 801. The van der Waals surface area contributed by atoms with Crippen LogP contribution in [0.1, 0.15) is 39.5 Å². The van der Waals surface area contributed by atoms with Crippen LogP contribution in [0.5, 0.6) is 0 Å². The molecule has 1 aliphatic heterocycles. The summed E-state index contributed by atoms with van der Waals surface area (Å²) in [5, 5.41) is 3.09. The number of hydrogen-bond acceptors (Lipinski definition) is 6. The molecule has 1 aromatic heterocycles. The highest BCUT2D eigenvalue weighted by molar-refractivity contribution is 5.97. The summed E-state index contributed by atoms with van der Waals surface area (Å²) in [6.45, 7) is 3.25. The number of anilines is 2. The zero-order valence-corrected chi connectivity index (χ0v) is 14.3. The molecule has 1 saturated heterocycles. The van der Waals surface area contributed by atoms with Gasteiger partial charge < -0.3 is 15.0 Å². The van der Waals surface area contributed by atoms with Crippen molar-refractivity contribution in [2.24, 2.45) is 0 Å². The molecule has 7 nitrogen and oxygen atoms in total. The number of methoxy groups -OCH3 is 1. The van der Waals surface area contributed by atoms with Crippen LogP contribution in [0.25, 0.3) is 0 Å². The first-order chi connectivity index (χ1) is 12.1. The molecule has 0 bridgehead atoms. The van der Waals surface area contributed by atoms with E-state index >= 15 is 0 Å². The van der Waals surface area contributed by atoms with Crippen LogP contribution in [0.15, 0.2) is 30.3 Å². The predicted molar refractivity (Wildman–Crippen MR) is 93.0 cm³/mol. The monoisotopic (exact) mass is 340 g/mol. The number of amides is 1. The Hall–Kier alpha value is -2.96. The number of esters is 1. The van der Waals surface area contributed by atoms with Gasteiger partial charge in [-0.3, -0.25) is 4.79 Å². The zero-order chi connectivity index (χ0) is 17.8. The van der Waals surface area contributed by atoms with Crippen LogP contribution in [0.2, 0.25) is 0 Å². The molecule has 3 rings (SSSR count). The number of rotatable bonds is 4. The number of aromatic nitrogens is 2. The summed E-state index contributed by atoms with van der Waals surface area (Å²) in [7, 11) is 1.33. The molecule has 2 aromatic rings. The van der Waals surface area contributed by atoms with E-state index in [1.807, 2.05) is 0 Å². The van der Waals surface area contributed by atoms with Crippen LogP contribution in [0, 0.1) is 6.92 Å². The van der Waals surface area contributed by atoms with Gasteiger partial charge in [-0.15, -0.1) is 0 Å². The smallest absolute Gasteiger partial charge is 0.339 e. The van der Waals surface area contributed by atoms with Gasteiger partial charge in [0.15, 0.2) is 0 Å². The highest BCUT2D eigenvalue weighted by Gasteiger charge is 2.22. The van der Waals surface area contributed by atoms with E-state index in [9.17, 15) is 9.59 Å². The molecule has 1 fully saturated rings. The van der Waals surface area contributed by atoms with Gasteiger partial charge in [0.05, 0.1) is 18.4 Å². The highest BCUT2D eigenvalue weighted by Crippen LogP contribution is 2.21. The SMILES string of the molecule is COC(=O)c1ccccc1Nc1cc(C(=O)N2CCCC2)nc(C)n1. The Balaban J connectivity index is 1.89. The average molecular weight is 340 g/mol. The second-order valence-corrected chi connectivity index (χ2v) is 5.85. The number of aryl methyl sites for hydroxylation is 1. The summed E-state index contributed by atoms with van der Waals surface area (Å²) >= 11 is 0. The van der Waals surface area contributed by atoms with Crippen molar-refractivity contribution in [2.75, 3.05) is 25.5 Å². The third-order valence-corrected chi connectivity index (χ3v) is 4.05. The van der Waals surface area contributed by atoms with Crippen molar-refractivity contribution in [3.05, 3.63) is 47.4 Å². The lowest BCUT2D eigenvalue weighted by molar-refractivity contribution is 0.0601. The van der Waals surface area contributed by atoms with Crippen LogP contribution in [-0.2, 0) is 4.74 Å². The van der Waals surface area contributed by atoms with Gasteiger partial charge in [0, 0.05) is 19.2 Å². The van der Waals surface area contributed by atoms with Crippen molar-refractivity contribution in [3.8, 4) is 0 Å². The Morgan fingerprint density at radius 2 is 1.88 bits per heavy atom. The van der Waals surface area contributed by atoms with E-state index in [0.29, 0.717) is 28.6 Å². The molecule has 25 heavy (non-hydrogen) atoms. The molecule has 1 amide bonds. The maximum Gasteiger partial charge on any atom is 0.339 e. The molecule has 0 spiro atoms. The summed E-state index contributed by atoms with van der Waals surface area (Å²) in [6, 6.07) is 8.59. The molecule has 7 heteroatoms. The largest absolute Gasteiger partial charge is 0.465 e. The van der Waals surface area contributed by atoms with Crippen LogP contribution in [-0.4, -0.2) is 46.9 Å². The fraction of sp³-hybridized carbons (Fsp3) is 0.333. The van der Waals surface area contributed by atoms with Gasteiger partial charge >= 0.3 is 5.97 Å². The van der Waals surface area contributed by atoms with Crippen molar-refractivity contribution in [1.82, 2.24) is 14.9 Å². The van der Waals surface area contributed by atoms with Gasteiger partial charge in [-0.25, -0.2) is 14.8 Å². The van der Waals surface area contributed by atoms with Gasteiger partial charge in [0.2, 0.25) is 0 Å². The van der Waals surface area contributed by atoms with E-state index < -0.39 is 5.97 Å². The van der Waals surface area contributed by atoms with Gasteiger partial charge in [-0.1, -0.05) is 12.1 Å². The van der Waals surface area contributed by atoms with E-state index in [1.165, 1.54) is 7.11 Å². The number of nitrogens with zero attached hydrogens (tertiary/aromatic N) is 3. The first-order valence-electron chi connectivity index (χ1n) is 8.18. The third-order valence-electron chi connectivity index (χ3n) is 4.05. The molecule has 1 aromatic carbocycles. The summed E-state index contributed by atoms with van der Waals surface area (Å²) in [4.78, 5) is 34.8. The Morgan fingerprint density at radius 1 is 1.16 bits per heavy atom. The quantitative estimate of drug-likeness (QED) is 0.861. The first-order valence-corrected chi connectivity index (χ1v) is 8.18. The number of ether oxygens (including phenoxy) is 1. The van der Waals surface area contributed by atoms with E-state index in [0.717, 1.165) is 25.9 Å². The highest BCUT2D eigenvalue weighted by atomic mass is 16.5. The van der Waals surface area contributed by atoms with Crippen LogP contribution < -0.4 is 5.32 Å². The molecule has 0 unspecified atom stereocenters. The molecular weight excluding hydrogens is 320 g/mol. The van der Waals surface area contributed by atoms with Crippen molar-refractivity contribution in [1.29, 1.82) is 0 Å². The van der Waals surface area contributed by atoms with Gasteiger partial charge in [0.1, 0.15) is 17.3 Å². The number of hydrogen-bond donors (Lipinski definition) is 1. The van der Waals surface area contributed by atoms with Crippen molar-refractivity contribution < 1.29 is 14.3 Å². The predicted octanol–water partition coefficient (Wildman–Crippen LogP) is 2.55. The molecule has 0 saturated carbocycles. The second kappa shape index (κ2) is 7.29. The van der Waals surface area contributed by atoms with Gasteiger partial charge in [0.25, 0.3) is 5.91 Å². The summed E-state index contributed by atoms with van der Waals surface area (Å²) in [5.41, 5.74) is 1.31. The molecule has 1 N–H and O–H groups in total. The molecular formula is C18H20N4O3. The number of carbonyl (C=O) groups excluding carboxylic acids is 2. The summed E-state index contributed by atoms with van der Waals surface area (Å²) in [5.74, 6) is 0.420. The number of para-hydroxylation sites is 1. The lowest BCUT2D eigenvalue weighted by Gasteiger charge is -2.16. The summed E-state index contributed by atoms with van der Waals surface area (Å²) < 4.78 is 4.80. The van der Waals surface area contributed by atoms with Gasteiger partial charge in [-0.05, 0) is 31.9 Å². The lowest BCUT2D eigenvalue weighted by atomic mass is 10.2. The Labute approximate surface area is 146 Å². The van der Waals surface area contributed by atoms with Gasteiger partial charge in [-0.2, -0.15) is 0 Å². The zero-order valence-electron chi connectivity index (χ0n) is 14.3. The van der Waals surface area contributed by atoms with Crippen LogP contribution in [0.4, 0.5) is 11.5 Å². The molecule has 130 valence electrons. The van der Waals surface area contributed by atoms with Crippen molar-refractivity contribution in [2.45, 2.75) is 19.8 Å². The van der Waals surface area contributed by atoms with Crippen LogP contribution >= 0.6 is 0 Å². The number of carbonyl (C=O) groups is 2. The minimum absolute atomic E-state index is 0.0905. The lowest BCUT2D eigenvalue weighted by Crippen LogP contribution is -2.28. The molecule has 1 aliphatic rings. The fourth-order valence-electron chi connectivity index (χ4n) is 2.84. The third kappa shape index (κ3) is 3.76. The van der Waals surface area contributed by atoms with E-state index in [1.54, 1.807) is 42.2 Å². The van der Waals surface area contributed by atoms with Crippen molar-refractivity contribution in [3.63, 3.8) is 0 Å². The normalized spacial score (nSPS) is 13.6. The molecule has 2 heterocycles. The maximum absolute atomic E-state index is 12.6. The molecule has 0 radical (unpaired) electrons. The number of likely N-dealkylation sites (tertiary alicyclic amines) is 1. The second-order valence-electron chi connectivity index (χ2n) is 5.85. The first kappa shape index (κ1) is 16.9. The molecule has 0 atom stereocenters. The summed E-state index contributed by atoms with van der Waals surface area (Å²) in [6.07, 6.45) is 2.04. The topological polar surface area (TPSA) is 84.4 Å². The van der Waals surface area contributed by atoms with E-state index in [-0.39, 0.29) is 5.91 Å². The average Bonchev–Trinajstić information content (AvgIpc) is 3.15. The van der Waals surface area contributed by atoms with E-state index in [2.05, 4.69) is 15.3 Å². The fourth-order valence-corrected chi connectivity index (χ4v) is 2.84.